The number of rotatable bonds is 8. The van der Waals surface area contributed by atoms with E-state index >= 15 is 0 Å². The summed E-state index contributed by atoms with van der Waals surface area (Å²) < 4.78 is 40.8. The molecule has 1 aliphatic heterocycles. The van der Waals surface area contributed by atoms with Gasteiger partial charge in [-0.15, -0.1) is 0 Å². The van der Waals surface area contributed by atoms with Crippen LogP contribution >= 0.6 is 11.8 Å². The average molecular weight is 457 g/mol. The van der Waals surface area contributed by atoms with Crippen LogP contribution in [0.15, 0.2) is 77.7 Å². The lowest BCUT2D eigenvalue weighted by Crippen LogP contribution is -2.10. The van der Waals surface area contributed by atoms with E-state index in [0.717, 1.165) is 5.75 Å². The quantitative estimate of drug-likeness (QED) is 0.279. The molecule has 1 aliphatic rings. The largest absolute Gasteiger partial charge is 0.497 e. The smallest absolute Gasteiger partial charge is 0.343 e. The third-order valence-electron chi connectivity index (χ3n) is 4.59. The monoisotopic (exact) mass is 456 g/mol. The van der Waals surface area contributed by atoms with E-state index in [1.165, 1.54) is 0 Å². The number of hydrogen-bond acceptors (Lipinski definition) is 7. The molecule has 0 saturated carbocycles. The Morgan fingerprint density at radius 3 is 1.94 bits per heavy atom. The van der Waals surface area contributed by atoms with Crippen molar-refractivity contribution in [1.82, 2.24) is 0 Å². The Balaban J connectivity index is 1.36. The number of benzene rings is 3. The molecule has 1 heterocycles. The Hall–Kier alpha value is -2.97. The van der Waals surface area contributed by atoms with Gasteiger partial charge in [0.2, 0.25) is 0 Å². The van der Waals surface area contributed by atoms with Gasteiger partial charge in [0.25, 0.3) is 0 Å². The molecule has 160 valence electrons. The summed E-state index contributed by atoms with van der Waals surface area (Å²) >= 11 is 1.66. The molecule has 1 fully saturated rings. The molecule has 1 unspecified atom stereocenters. The second-order valence-corrected chi connectivity index (χ2v) is 10.3. The van der Waals surface area contributed by atoms with Gasteiger partial charge in [-0.1, -0.05) is 0 Å². The molecule has 31 heavy (non-hydrogen) atoms. The maximum atomic E-state index is 12.3. The van der Waals surface area contributed by atoms with Crippen molar-refractivity contribution in [2.75, 3.05) is 18.6 Å². The van der Waals surface area contributed by atoms with Gasteiger partial charge in [0.15, 0.2) is 9.84 Å². The maximum Gasteiger partial charge on any atom is 0.343 e. The Morgan fingerprint density at radius 2 is 1.39 bits per heavy atom. The van der Waals surface area contributed by atoms with Gasteiger partial charge in [-0.05, 0) is 72.8 Å². The molecule has 0 aromatic heterocycles. The third-order valence-corrected chi connectivity index (χ3v) is 7.60. The van der Waals surface area contributed by atoms with E-state index in [1.54, 1.807) is 91.7 Å². The minimum absolute atomic E-state index is 0.175. The number of hydrogen-bond donors (Lipinski definition) is 0. The Labute approximate surface area is 185 Å². The summed E-state index contributed by atoms with van der Waals surface area (Å²) in [4.78, 5) is 12.5. The SMILES string of the molecule is COc1ccc(C(=O)Oc2ccc(Oc3ccc(S(=O)(=O)CC4CS4)cc3)cc2)cc1. The summed E-state index contributed by atoms with van der Waals surface area (Å²) in [6.07, 6.45) is 0. The molecular formula is C23H20O6S2. The zero-order valence-electron chi connectivity index (χ0n) is 16.7. The molecule has 3 aromatic carbocycles. The lowest BCUT2D eigenvalue weighted by atomic mass is 10.2. The van der Waals surface area contributed by atoms with Crippen LogP contribution in [0, 0.1) is 0 Å². The molecule has 3 aromatic rings. The van der Waals surface area contributed by atoms with Crippen molar-refractivity contribution in [3.05, 3.63) is 78.4 Å². The number of thioether (sulfide) groups is 1. The normalized spacial score (nSPS) is 15.2. The van der Waals surface area contributed by atoms with E-state index in [-0.39, 0.29) is 11.0 Å². The molecule has 8 heteroatoms. The molecule has 4 rings (SSSR count). The lowest BCUT2D eigenvalue weighted by molar-refractivity contribution is 0.0734. The molecule has 0 aliphatic carbocycles. The Kier molecular flexibility index (Phi) is 6.20. The summed E-state index contributed by atoms with van der Waals surface area (Å²) in [7, 11) is -1.71. The molecule has 0 spiro atoms. The van der Waals surface area contributed by atoms with Gasteiger partial charge in [0.1, 0.15) is 23.0 Å². The van der Waals surface area contributed by atoms with Crippen LogP contribution in [0.1, 0.15) is 10.4 Å². The average Bonchev–Trinajstić information content (AvgIpc) is 3.59. The zero-order valence-corrected chi connectivity index (χ0v) is 18.3. The van der Waals surface area contributed by atoms with Crippen LogP contribution in [0.5, 0.6) is 23.0 Å². The first-order valence-electron chi connectivity index (χ1n) is 9.51. The van der Waals surface area contributed by atoms with E-state index < -0.39 is 15.8 Å². The first-order valence-corrected chi connectivity index (χ1v) is 12.2. The molecule has 0 N–H and O–H groups in total. The fourth-order valence-electron chi connectivity index (χ4n) is 2.83. The highest BCUT2D eigenvalue weighted by molar-refractivity contribution is 8.08. The first kappa shape index (κ1) is 21.3. The molecule has 0 radical (unpaired) electrons. The summed E-state index contributed by atoms with van der Waals surface area (Å²) in [6.45, 7) is 0. The van der Waals surface area contributed by atoms with Crippen molar-refractivity contribution < 1.29 is 27.4 Å². The fourth-order valence-corrected chi connectivity index (χ4v) is 5.50. The number of esters is 1. The summed E-state index contributed by atoms with van der Waals surface area (Å²) in [5.74, 6) is 2.70. The topological polar surface area (TPSA) is 78.9 Å². The van der Waals surface area contributed by atoms with Crippen LogP contribution in [0.25, 0.3) is 0 Å². The van der Waals surface area contributed by atoms with Crippen molar-refractivity contribution in [3.63, 3.8) is 0 Å². The number of ether oxygens (including phenoxy) is 3. The van der Waals surface area contributed by atoms with Gasteiger partial charge in [0, 0.05) is 11.0 Å². The zero-order chi connectivity index (χ0) is 21.8. The second kappa shape index (κ2) is 9.03. The summed E-state index contributed by atoms with van der Waals surface area (Å²) in [5, 5.41) is 0.221. The van der Waals surface area contributed by atoms with Gasteiger partial charge in [-0.25, -0.2) is 13.2 Å². The van der Waals surface area contributed by atoms with Gasteiger partial charge in [-0.2, -0.15) is 11.8 Å². The van der Waals surface area contributed by atoms with Crippen molar-refractivity contribution >= 4 is 27.6 Å². The number of sulfone groups is 1. The van der Waals surface area contributed by atoms with Crippen molar-refractivity contribution in [1.29, 1.82) is 0 Å². The Bertz CT molecular complexity index is 1150. The minimum atomic E-state index is -3.26. The van der Waals surface area contributed by atoms with Gasteiger partial charge < -0.3 is 14.2 Å². The summed E-state index contributed by atoms with van der Waals surface area (Å²) in [6, 6.07) is 19.6. The molecule has 1 saturated heterocycles. The summed E-state index contributed by atoms with van der Waals surface area (Å²) in [5.41, 5.74) is 0.413. The van der Waals surface area contributed by atoms with Gasteiger partial charge >= 0.3 is 5.97 Å². The first-order chi connectivity index (χ1) is 14.9. The van der Waals surface area contributed by atoms with Crippen molar-refractivity contribution in [2.45, 2.75) is 10.1 Å². The highest BCUT2D eigenvalue weighted by atomic mass is 32.2. The van der Waals surface area contributed by atoms with Crippen molar-refractivity contribution in [2.24, 2.45) is 0 Å². The van der Waals surface area contributed by atoms with Crippen LogP contribution in [-0.4, -0.2) is 38.3 Å². The second-order valence-electron chi connectivity index (χ2n) is 6.90. The van der Waals surface area contributed by atoms with Crippen LogP contribution in [0.2, 0.25) is 0 Å². The van der Waals surface area contributed by atoms with Crippen LogP contribution in [0.3, 0.4) is 0 Å². The number of carbonyl (C=O) groups excluding carboxylic acids is 1. The van der Waals surface area contributed by atoms with Crippen LogP contribution < -0.4 is 14.2 Å². The van der Waals surface area contributed by atoms with Crippen molar-refractivity contribution in [3.8, 4) is 23.0 Å². The standard InChI is InChI=1S/C23H20O6S2/c1-27-17-4-2-16(3-5-17)23(24)29-20-8-6-18(7-9-20)28-19-10-12-22(13-11-19)31(25,26)15-21-14-30-21/h2-13,21H,14-15H2,1H3. The highest BCUT2D eigenvalue weighted by Crippen LogP contribution is 2.33. The predicted octanol–water partition coefficient (Wildman–Crippen LogP) is 4.60. The molecular weight excluding hydrogens is 436 g/mol. The number of carbonyl (C=O) groups is 1. The van der Waals surface area contributed by atoms with E-state index in [2.05, 4.69) is 0 Å². The van der Waals surface area contributed by atoms with E-state index in [4.69, 9.17) is 14.2 Å². The van der Waals surface area contributed by atoms with E-state index in [0.29, 0.717) is 33.5 Å². The molecule has 0 bridgehead atoms. The van der Waals surface area contributed by atoms with E-state index in [1.807, 2.05) is 0 Å². The minimum Gasteiger partial charge on any atom is -0.497 e. The third kappa shape index (κ3) is 5.59. The Morgan fingerprint density at radius 1 is 0.871 bits per heavy atom. The molecule has 1 atom stereocenters. The maximum absolute atomic E-state index is 12.3. The fraction of sp³-hybridized carbons (Fsp3) is 0.174. The van der Waals surface area contributed by atoms with Gasteiger partial charge in [0.05, 0.1) is 23.3 Å². The van der Waals surface area contributed by atoms with E-state index in [9.17, 15) is 13.2 Å². The van der Waals surface area contributed by atoms with Gasteiger partial charge in [-0.3, -0.25) is 0 Å². The number of methoxy groups -OCH3 is 1. The predicted molar refractivity (Wildman–Crippen MR) is 119 cm³/mol. The molecule has 6 nitrogen and oxygen atoms in total. The lowest BCUT2D eigenvalue weighted by Gasteiger charge is -2.09. The van der Waals surface area contributed by atoms with Crippen LogP contribution in [-0.2, 0) is 9.84 Å². The highest BCUT2D eigenvalue weighted by Gasteiger charge is 2.29. The molecule has 0 amide bonds. The van der Waals surface area contributed by atoms with Crippen LogP contribution in [0.4, 0.5) is 0 Å².